The van der Waals surface area contributed by atoms with E-state index in [9.17, 15) is 13.2 Å². The Kier molecular flexibility index (Phi) is 6.99. The average molecular weight is 471 g/mol. The van der Waals surface area contributed by atoms with Gasteiger partial charge in [-0.2, -0.15) is 4.31 Å². The molecule has 10 nitrogen and oxygen atoms in total. The van der Waals surface area contributed by atoms with Crippen LogP contribution in [0.15, 0.2) is 65.8 Å². The second-order valence-electron chi connectivity index (χ2n) is 7.63. The molecule has 174 valence electrons. The van der Waals surface area contributed by atoms with Crippen molar-refractivity contribution in [3.8, 4) is 5.75 Å². The molecule has 1 unspecified atom stereocenters. The predicted molar refractivity (Wildman–Crippen MR) is 120 cm³/mol. The minimum absolute atomic E-state index is 0.135. The van der Waals surface area contributed by atoms with Crippen LogP contribution >= 0.6 is 0 Å². The Bertz CT molecular complexity index is 1150. The second kappa shape index (κ2) is 10.1. The molecule has 1 aliphatic rings. The molecule has 1 atom stereocenters. The van der Waals surface area contributed by atoms with Gasteiger partial charge in [0.1, 0.15) is 18.1 Å². The third-order valence-corrected chi connectivity index (χ3v) is 7.48. The van der Waals surface area contributed by atoms with Crippen molar-refractivity contribution in [2.24, 2.45) is 0 Å². The lowest BCUT2D eigenvalue weighted by Crippen LogP contribution is -2.52. The van der Waals surface area contributed by atoms with Crippen molar-refractivity contribution in [3.63, 3.8) is 0 Å². The van der Waals surface area contributed by atoms with Crippen molar-refractivity contribution in [1.29, 1.82) is 0 Å². The number of sulfonamides is 1. The van der Waals surface area contributed by atoms with Crippen LogP contribution in [0.1, 0.15) is 18.5 Å². The molecule has 2 heterocycles. The third-order valence-electron chi connectivity index (χ3n) is 5.56. The summed E-state index contributed by atoms with van der Waals surface area (Å²) < 4.78 is 34.3. The first-order valence-electron chi connectivity index (χ1n) is 10.8. The molecule has 1 fully saturated rings. The van der Waals surface area contributed by atoms with E-state index in [-0.39, 0.29) is 23.9 Å². The van der Waals surface area contributed by atoms with E-state index >= 15 is 0 Å². The summed E-state index contributed by atoms with van der Waals surface area (Å²) in [4.78, 5) is 15.2. The van der Waals surface area contributed by atoms with Crippen molar-refractivity contribution < 1.29 is 17.9 Å². The number of hydrogen-bond acceptors (Lipinski definition) is 7. The van der Waals surface area contributed by atoms with Gasteiger partial charge in [0.25, 0.3) is 0 Å². The highest BCUT2D eigenvalue weighted by Crippen LogP contribution is 2.22. The highest BCUT2D eigenvalue weighted by atomic mass is 32.2. The molecule has 1 aromatic heterocycles. The van der Waals surface area contributed by atoms with Crippen LogP contribution in [0.4, 0.5) is 0 Å². The van der Waals surface area contributed by atoms with Crippen LogP contribution in [0.2, 0.25) is 0 Å². The fourth-order valence-corrected chi connectivity index (χ4v) is 5.25. The maximum atomic E-state index is 13.4. The molecule has 0 radical (unpaired) electrons. The Labute approximate surface area is 192 Å². The first-order chi connectivity index (χ1) is 16.0. The van der Waals surface area contributed by atoms with Gasteiger partial charge >= 0.3 is 0 Å². The van der Waals surface area contributed by atoms with Gasteiger partial charge in [-0.3, -0.25) is 4.79 Å². The molecule has 11 heteroatoms. The summed E-state index contributed by atoms with van der Waals surface area (Å²) in [7, 11) is -3.65. The maximum absolute atomic E-state index is 13.4. The summed E-state index contributed by atoms with van der Waals surface area (Å²) in [5, 5.41) is 11.3. The monoisotopic (exact) mass is 470 g/mol. The number of rotatable bonds is 8. The number of carbonyl (C=O) groups excluding carboxylic acids is 1. The highest BCUT2D eigenvalue weighted by molar-refractivity contribution is 7.89. The molecule has 1 saturated heterocycles. The van der Waals surface area contributed by atoms with Crippen LogP contribution in [-0.4, -0.2) is 76.5 Å². The third kappa shape index (κ3) is 5.20. The first-order valence-corrected chi connectivity index (χ1v) is 12.2. The molecule has 0 aliphatic carbocycles. The molecule has 0 saturated carbocycles. The molecular weight excluding hydrogens is 444 g/mol. The molecule has 0 N–H and O–H groups in total. The van der Waals surface area contributed by atoms with Crippen molar-refractivity contribution in [2.45, 2.75) is 24.3 Å². The van der Waals surface area contributed by atoms with Gasteiger partial charge in [0.2, 0.25) is 15.9 Å². The summed E-state index contributed by atoms with van der Waals surface area (Å²) in [5.41, 5.74) is 0.989. The molecule has 3 aromatic rings. The molecule has 2 aromatic carbocycles. The number of carbonyl (C=O) groups is 1. The molecular formula is C22H26N6O4S. The SMILES string of the molecule is CCOc1ccc(S(=O)(=O)N2CCN(C(=O)C(Cc3ccccc3)n3cnnn3)CC2)cc1. The van der Waals surface area contributed by atoms with E-state index in [2.05, 4.69) is 15.5 Å². The Morgan fingerprint density at radius 1 is 1.03 bits per heavy atom. The zero-order valence-electron chi connectivity index (χ0n) is 18.3. The predicted octanol–water partition coefficient (Wildman–Crippen LogP) is 1.39. The standard InChI is InChI=1S/C22H26N6O4S/c1-2-32-19-8-10-20(11-9-19)33(30,31)27-14-12-26(13-15-27)22(29)21(28-17-23-24-25-28)16-18-6-4-3-5-7-18/h3-11,17,21H,2,12-16H2,1H3. The lowest BCUT2D eigenvalue weighted by molar-refractivity contribution is -0.136. The fraction of sp³-hybridized carbons (Fsp3) is 0.364. The van der Waals surface area contributed by atoms with Crippen molar-refractivity contribution in [2.75, 3.05) is 32.8 Å². The normalized spacial score (nSPS) is 15.8. The van der Waals surface area contributed by atoms with E-state index in [0.29, 0.717) is 31.9 Å². The highest BCUT2D eigenvalue weighted by Gasteiger charge is 2.33. The molecule has 1 aliphatic heterocycles. The van der Waals surface area contributed by atoms with E-state index < -0.39 is 16.1 Å². The number of tetrazole rings is 1. The van der Waals surface area contributed by atoms with Crippen LogP contribution in [0.5, 0.6) is 5.75 Å². The van der Waals surface area contributed by atoms with Gasteiger partial charge in [0.05, 0.1) is 11.5 Å². The summed E-state index contributed by atoms with van der Waals surface area (Å²) >= 11 is 0. The van der Waals surface area contributed by atoms with Crippen LogP contribution in [0.25, 0.3) is 0 Å². The second-order valence-corrected chi connectivity index (χ2v) is 9.57. The van der Waals surface area contributed by atoms with E-state index in [1.807, 2.05) is 37.3 Å². The van der Waals surface area contributed by atoms with Gasteiger partial charge in [-0.1, -0.05) is 30.3 Å². The van der Waals surface area contributed by atoms with Gasteiger partial charge in [0.15, 0.2) is 0 Å². The van der Waals surface area contributed by atoms with Crippen molar-refractivity contribution in [1.82, 2.24) is 29.4 Å². The van der Waals surface area contributed by atoms with Crippen LogP contribution in [0.3, 0.4) is 0 Å². The molecule has 0 bridgehead atoms. The van der Waals surface area contributed by atoms with Gasteiger partial charge in [-0.15, -0.1) is 5.10 Å². The Hall–Kier alpha value is -3.31. The smallest absolute Gasteiger partial charge is 0.248 e. The number of piperazine rings is 1. The van der Waals surface area contributed by atoms with Crippen molar-refractivity contribution >= 4 is 15.9 Å². The zero-order chi connectivity index (χ0) is 23.3. The summed E-state index contributed by atoms with van der Waals surface area (Å²) in [6.07, 6.45) is 1.87. The van der Waals surface area contributed by atoms with Gasteiger partial charge in [-0.25, -0.2) is 13.1 Å². The number of aromatic nitrogens is 4. The van der Waals surface area contributed by atoms with Crippen LogP contribution < -0.4 is 4.74 Å². The Balaban J connectivity index is 1.44. The molecule has 1 amide bonds. The van der Waals surface area contributed by atoms with Crippen molar-refractivity contribution in [3.05, 3.63) is 66.5 Å². The average Bonchev–Trinajstić information content (AvgIpc) is 3.38. The summed E-state index contributed by atoms with van der Waals surface area (Å²) in [6, 6.07) is 15.4. The van der Waals surface area contributed by atoms with Gasteiger partial charge < -0.3 is 9.64 Å². The topological polar surface area (TPSA) is 111 Å². The van der Waals surface area contributed by atoms with Gasteiger partial charge in [0, 0.05) is 32.6 Å². The number of nitrogens with zero attached hydrogens (tertiary/aromatic N) is 6. The van der Waals surface area contributed by atoms with E-state index in [0.717, 1.165) is 5.56 Å². The minimum Gasteiger partial charge on any atom is -0.494 e. The lowest BCUT2D eigenvalue weighted by Gasteiger charge is -2.35. The Morgan fingerprint density at radius 3 is 2.33 bits per heavy atom. The number of amides is 1. The number of hydrogen-bond donors (Lipinski definition) is 0. The lowest BCUT2D eigenvalue weighted by atomic mass is 10.0. The first kappa shape index (κ1) is 22.9. The van der Waals surface area contributed by atoms with E-state index in [4.69, 9.17) is 4.74 Å². The number of benzene rings is 2. The Morgan fingerprint density at radius 2 is 1.73 bits per heavy atom. The quantitative estimate of drug-likeness (QED) is 0.489. The maximum Gasteiger partial charge on any atom is 0.248 e. The largest absolute Gasteiger partial charge is 0.494 e. The minimum atomic E-state index is -3.65. The van der Waals surface area contributed by atoms with E-state index in [1.54, 1.807) is 29.2 Å². The van der Waals surface area contributed by atoms with Crippen LogP contribution in [0, 0.1) is 0 Å². The molecule has 0 spiro atoms. The molecule has 33 heavy (non-hydrogen) atoms. The fourth-order valence-electron chi connectivity index (χ4n) is 3.83. The van der Waals surface area contributed by atoms with E-state index in [1.165, 1.54) is 15.3 Å². The summed E-state index contributed by atoms with van der Waals surface area (Å²) in [5.74, 6) is 0.489. The number of ether oxygens (including phenoxy) is 1. The summed E-state index contributed by atoms with van der Waals surface area (Å²) in [6.45, 7) is 3.40. The zero-order valence-corrected chi connectivity index (χ0v) is 19.1. The van der Waals surface area contributed by atoms with Crippen LogP contribution in [-0.2, 0) is 21.2 Å². The van der Waals surface area contributed by atoms with Gasteiger partial charge in [-0.05, 0) is 47.2 Å². The molecule has 4 rings (SSSR count).